The van der Waals surface area contributed by atoms with E-state index in [2.05, 4.69) is 4.42 Å². The lowest BCUT2D eigenvalue weighted by Gasteiger charge is -1.78. The van der Waals surface area contributed by atoms with Crippen molar-refractivity contribution in [3.8, 4) is 5.92 Å². The summed E-state index contributed by atoms with van der Waals surface area (Å²) in [7, 11) is 0. The molecule has 1 aromatic heterocycles. The predicted octanol–water partition coefficient (Wildman–Crippen LogP) is 1.13. The van der Waals surface area contributed by atoms with Crippen LogP contribution in [0.25, 0.3) is 0 Å². The van der Waals surface area contributed by atoms with Crippen molar-refractivity contribution in [2.75, 3.05) is 0 Å². The van der Waals surface area contributed by atoms with Gasteiger partial charge in [-0.3, -0.25) is 10.1 Å². The smallest absolute Gasteiger partial charge is 0.392 e. The molecule has 0 bridgehead atoms. The zero-order chi connectivity index (χ0) is 7.56. The lowest BCUT2D eigenvalue weighted by atomic mass is 10.5. The molecule has 0 aliphatic heterocycles. The van der Waals surface area contributed by atoms with Crippen LogP contribution >= 0.6 is 0 Å². The SMILES string of the molecule is [C]#Cc1ccc([N+](=O)[O-])o1. The fourth-order valence-corrected chi connectivity index (χ4v) is 0.493. The molecule has 0 atom stereocenters. The molecule has 0 saturated heterocycles. The molecule has 0 aliphatic carbocycles. The van der Waals surface area contributed by atoms with E-state index in [9.17, 15) is 10.1 Å². The first-order chi connectivity index (χ1) is 4.74. The van der Waals surface area contributed by atoms with Crippen LogP contribution in [0.2, 0.25) is 0 Å². The lowest BCUT2D eigenvalue weighted by molar-refractivity contribution is -0.402. The zero-order valence-corrected chi connectivity index (χ0v) is 4.83. The van der Waals surface area contributed by atoms with Crippen molar-refractivity contribution in [2.24, 2.45) is 0 Å². The van der Waals surface area contributed by atoms with Crippen molar-refractivity contribution in [2.45, 2.75) is 0 Å². The third kappa shape index (κ3) is 0.977. The van der Waals surface area contributed by atoms with Gasteiger partial charge in [0.1, 0.15) is 4.92 Å². The van der Waals surface area contributed by atoms with E-state index >= 15 is 0 Å². The Morgan fingerprint density at radius 1 is 1.70 bits per heavy atom. The highest BCUT2D eigenvalue weighted by Crippen LogP contribution is 2.13. The van der Waals surface area contributed by atoms with Gasteiger partial charge in [0.05, 0.1) is 6.07 Å². The van der Waals surface area contributed by atoms with Gasteiger partial charge in [0, 0.05) is 6.07 Å². The van der Waals surface area contributed by atoms with Gasteiger partial charge in [-0.05, 0) is 12.3 Å². The average Bonchev–Trinajstić information content (AvgIpc) is 2.34. The van der Waals surface area contributed by atoms with E-state index in [4.69, 9.17) is 6.42 Å². The molecule has 1 aromatic rings. The molecule has 1 heterocycles. The van der Waals surface area contributed by atoms with E-state index in [0.717, 1.165) is 0 Å². The number of nitro groups is 1. The van der Waals surface area contributed by atoms with Gasteiger partial charge in [-0.15, -0.1) is 0 Å². The summed E-state index contributed by atoms with van der Waals surface area (Å²) in [6.07, 6.45) is 6.53. The largest absolute Gasteiger partial charge is 0.434 e. The first-order valence-corrected chi connectivity index (χ1v) is 2.41. The Morgan fingerprint density at radius 3 is 2.70 bits per heavy atom. The minimum Gasteiger partial charge on any atom is -0.392 e. The highest BCUT2D eigenvalue weighted by Gasteiger charge is 2.09. The van der Waals surface area contributed by atoms with Crippen LogP contribution in [0.1, 0.15) is 5.76 Å². The maximum atomic E-state index is 9.95. The van der Waals surface area contributed by atoms with Gasteiger partial charge in [-0.1, -0.05) is 0 Å². The number of rotatable bonds is 1. The van der Waals surface area contributed by atoms with Crippen LogP contribution in [-0.2, 0) is 0 Å². The second-order valence-electron chi connectivity index (χ2n) is 1.52. The van der Waals surface area contributed by atoms with Crippen molar-refractivity contribution in [3.63, 3.8) is 0 Å². The Hall–Kier alpha value is -1.76. The molecule has 0 fully saturated rings. The Balaban J connectivity index is 3.02. The summed E-state index contributed by atoms with van der Waals surface area (Å²) in [5.74, 6) is 1.58. The molecule has 4 heteroatoms. The summed E-state index contributed by atoms with van der Waals surface area (Å²) in [6, 6.07) is 2.49. The Bertz CT molecular complexity index is 294. The highest BCUT2D eigenvalue weighted by molar-refractivity contribution is 5.26. The van der Waals surface area contributed by atoms with Gasteiger partial charge in [0.25, 0.3) is 0 Å². The van der Waals surface area contributed by atoms with Gasteiger partial charge in [-0.25, -0.2) is 0 Å². The van der Waals surface area contributed by atoms with Crippen molar-refractivity contribution in [1.29, 1.82) is 0 Å². The van der Waals surface area contributed by atoms with Crippen LogP contribution in [0.15, 0.2) is 16.5 Å². The molecule has 10 heavy (non-hydrogen) atoms. The quantitative estimate of drug-likeness (QED) is 0.330. The fraction of sp³-hybridized carbons (Fsp3) is 0. The minimum atomic E-state index is -0.666. The number of nitrogens with zero attached hydrogens (tertiary/aromatic N) is 1. The van der Waals surface area contributed by atoms with Crippen LogP contribution in [0.5, 0.6) is 0 Å². The summed E-state index contributed by atoms with van der Waals surface area (Å²) in [4.78, 5) is 9.29. The molecule has 0 saturated carbocycles. The second kappa shape index (κ2) is 2.23. The van der Waals surface area contributed by atoms with E-state index in [1.54, 1.807) is 0 Å². The molecule has 0 spiro atoms. The standard InChI is InChI=1S/C6H2NO3/c1-2-5-3-4-6(10-5)7(8)9/h3-4H. The fourth-order valence-electron chi connectivity index (χ4n) is 0.493. The molecule has 0 unspecified atom stereocenters. The second-order valence-corrected chi connectivity index (χ2v) is 1.52. The molecule has 0 N–H and O–H groups in total. The van der Waals surface area contributed by atoms with Crippen molar-refractivity contribution < 1.29 is 9.34 Å². The lowest BCUT2D eigenvalue weighted by Crippen LogP contribution is -1.82. The van der Waals surface area contributed by atoms with Crippen LogP contribution in [0.4, 0.5) is 5.88 Å². The summed E-state index contributed by atoms with van der Waals surface area (Å²) >= 11 is 0. The normalized spacial score (nSPS) is 8.70. The third-order valence-corrected chi connectivity index (χ3v) is 0.895. The van der Waals surface area contributed by atoms with Crippen LogP contribution < -0.4 is 0 Å². The monoisotopic (exact) mass is 136 g/mol. The maximum absolute atomic E-state index is 9.95. The zero-order valence-electron chi connectivity index (χ0n) is 4.83. The Kier molecular flexibility index (Phi) is 1.42. The molecular formula is C6H2NO3. The van der Waals surface area contributed by atoms with Crippen LogP contribution in [-0.4, -0.2) is 4.92 Å². The third-order valence-electron chi connectivity index (χ3n) is 0.895. The number of hydrogen-bond acceptors (Lipinski definition) is 3. The van der Waals surface area contributed by atoms with Gasteiger partial charge < -0.3 is 4.42 Å². The van der Waals surface area contributed by atoms with Crippen LogP contribution in [0, 0.1) is 22.5 Å². The van der Waals surface area contributed by atoms with Gasteiger partial charge >= 0.3 is 5.88 Å². The summed E-state index contributed by atoms with van der Waals surface area (Å²) in [6.45, 7) is 0. The van der Waals surface area contributed by atoms with E-state index in [0.29, 0.717) is 0 Å². The molecule has 0 aliphatic rings. The van der Waals surface area contributed by atoms with Gasteiger partial charge in [0.2, 0.25) is 0 Å². The Labute approximate surface area is 56.6 Å². The van der Waals surface area contributed by atoms with Gasteiger partial charge in [-0.2, -0.15) is 0 Å². The topological polar surface area (TPSA) is 56.3 Å². The number of hydrogen-bond donors (Lipinski definition) is 0. The van der Waals surface area contributed by atoms with Crippen molar-refractivity contribution in [1.82, 2.24) is 0 Å². The molecule has 0 amide bonds. The molecule has 0 aromatic carbocycles. The maximum Gasteiger partial charge on any atom is 0.434 e. The first kappa shape index (κ1) is 6.36. The molecule has 49 valence electrons. The predicted molar refractivity (Wildman–Crippen MR) is 31.6 cm³/mol. The summed E-state index contributed by atoms with van der Waals surface area (Å²) in [5, 5.41) is 9.95. The average molecular weight is 136 g/mol. The highest BCUT2D eigenvalue weighted by atomic mass is 16.6. The molecule has 1 radical (unpaired) electrons. The number of furan rings is 1. The van der Waals surface area contributed by atoms with E-state index < -0.39 is 4.92 Å². The van der Waals surface area contributed by atoms with Crippen molar-refractivity contribution in [3.05, 3.63) is 34.4 Å². The van der Waals surface area contributed by atoms with E-state index in [1.807, 2.05) is 5.92 Å². The van der Waals surface area contributed by atoms with Crippen LogP contribution in [0.3, 0.4) is 0 Å². The van der Waals surface area contributed by atoms with Crippen molar-refractivity contribution >= 4 is 5.88 Å². The summed E-state index contributed by atoms with van der Waals surface area (Å²) in [5.41, 5.74) is 0. The van der Waals surface area contributed by atoms with Gasteiger partial charge in [0.15, 0.2) is 5.76 Å². The first-order valence-electron chi connectivity index (χ1n) is 2.41. The molecule has 4 nitrogen and oxygen atoms in total. The van der Waals surface area contributed by atoms with E-state index in [-0.39, 0.29) is 11.6 Å². The van der Waals surface area contributed by atoms with E-state index in [1.165, 1.54) is 12.1 Å². The Morgan fingerprint density at radius 2 is 2.40 bits per heavy atom. The molecular weight excluding hydrogens is 134 g/mol. The molecule has 1 rings (SSSR count). The minimum absolute atomic E-state index is 0.0618. The summed E-state index contributed by atoms with van der Waals surface area (Å²) < 4.78 is 4.50.